The molecule has 0 spiro atoms. The molecule has 1 nitrogen and oxygen atoms in total. The standard InChI is InChI=1S/C2H2O.H4Si/c1-2-3-1;/h1-2H;1H4. The van der Waals surface area contributed by atoms with E-state index in [4.69, 9.17) is 0 Å². The van der Waals surface area contributed by atoms with E-state index in [1.807, 2.05) is 0 Å². The Morgan fingerprint density at radius 1 is 1.25 bits per heavy atom. The van der Waals surface area contributed by atoms with Crippen molar-refractivity contribution in [3.8, 4) is 0 Å². The van der Waals surface area contributed by atoms with Gasteiger partial charge in [0.05, 0.1) is 0 Å². The molecule has 0 fully saturated rings. The van der Waals surface area contributed by atoms with Gasteiger partial charge < -0.3 is 4.74 Å². The Balaban J connectivity index is 0.0000000900. The first kappa shape index (κ1) is 3.76. The maximum absolute atomic E-state index is 4.25. The van der Waals surface area contributed by atoms with Crippen LogP contribution in [0.1, 0.15) is 0 Å². The molecule has 0 radical (unpaired) electrons. The number of rotatable bonds is 0. The van der Waals surface area contributed by atoms with Gasteiger partial charge in [-0.15, -0.1) is 0 Å². The lowest BCUT2D eigenvalue weighted by Gasteiger charge is -1.37. The zero-order valence-electron chi connectivity index (χ0n) is 1.56. The molecule has 1 heterocycles. The second-order valence-corrected chi connectivity index (χ2v) is 0.408. The molecule has 0 aromatic rings. The molecule has 0 atom stereocenters. The fourth-order valence-corrected chi connectivity index (χ4v) is 0. The minimum Gasteiger partial charge on any atom is -0.466 e. The molecule has 0 unspecified atom stereocenters. The molecule has 0 aliphatic carbocycles. The first-order valence-electron chi connectivity index (χ1n) is 0.805. The maximum atomic E-state index is 4.25. The summed E-state index contributed by atoms with van der Waals surface area (Å²) in [6, 6.07) is 0. The van der Waals surface area contributed by atoms with Crippen LogP contribution in [0.4, 0.5) is 0 Å². The predicted molar refractivity (Wildman–Crippen MR) is 21.6 cm³/mol. The molecule has 2 heteroatoms. The molecule has 0 bridgehead atoms. The van der Waals surface area contributed by atoms with E-state index in [9.17, 15) is 0 Å². The van der Waals surface area contributed by atoms with Gasteiger partial charge in [-0.05, 0) is 11.0 Å². The second kappa shape index (κ2) is 1.12. The number of hydrogen-bond acceptors (Lipinski definition) is 1. The summed E-state index contributed by atoms with van der Waals surface area (Å²) >= 11 is 0. The van der Waals surface area contributed by atoms with Crippen molar-refractivity contribution < 1.29 is 4.74 Å². The maximum Gasteiger partial charge on any atom is 0.125 e. The summed E-state index contributed by atoms with van der Waals surface area (Å²) in [5, 5.41) is 0. The molecule has 1 aliphatic rings. The fourth-order valence-electron chi connectivity index (χ4n) is 0. The predicted octanol–water partition coefficient (Wildman–Crippen LogP) is -0.964. The minimum absolute atomic E-state index is 0. The summed E-state index contributed by atoms with van der Waals surface area (Å²) in [6.45, 7) is 0. The van der Waals surface area contributed by atoms with Crippen LogP contribution in [-0.2, 0) is 4.74 Å². The largest absolute Gasteiger partial charge is 0.466 e. The highest BCUT2D eigenvalue weighted by molar-refractivity contribution is 5.75. The first-order valence-corrected chi connectivity index (χ1v) is 0.805. The molecule has 0 saturated carbocycles. The Labute approximate surface area is 29.3 Å². The molecule has 4 heavy (non-hydrogen) atoms. The average molecular weight is 74.2 g/mol. The Kier molecular flexibility index (Phi) is 1.05. The van der Waals surface area contributed by atoms with E-state index in [0.717, 1.165) is 0 Å². The molecule has 1 rings (SSSR count). The summed E-state index contributed by atoms with van der Waals surface area (Å²) < 4.78 is 4.25. The van der Waals surface area contributed by atoms with Gasteiger partial charge in [-0.3, -0.25) is 0 Å². The molecular weight excluding hydrogens is 68.1 g/mol. The van der Waals surface area contributed by atoms with Crippen LogP contribution < -0.4 is 0 Å². The summed E-state index contributed by atoms with van der Waals surface area (Å²) in [5.74, 6) is 0. The normalized spacial score (nSPS) is 12.0. The van der Waals surface area contributed by atoms with Gasteiger partial charge in [-0.25, -0.2) is 0 Å². The van der Waals surface area contributed by atoms with Crippen LogP contribution in [0.25, 0.3) is 0 Å². The third kappa shape index (κ3) is 1.76. The van der Waals surface area contributed by atoms with Gasteiger partial charge in [0.25, 0.3) is 0 Å². The van der Waals surface area contributed by atoms with Gasteiger partial charge in [0.2, 0.25) is 0 Å². The van der Waals surface area contributed by atoms with Gasteiger partial charge in [0.1, 0.15) is 12.5 Å². The van der Waals surface area contributed by atoms with Crippen molar-refractivity contribution in [3.63, 3.8) is 0 Å². The summed E-state index contributed by atoms with van der Waals surface area (Å²) in [4.78, 5) is 0. The molecular formula is C2H6OSi. The lowest BCUT2D eigenvalue weighted by atomic mass is 11.3. The van der Waals surface area contributed by atoms with Crippen molar-refractivity contribution in [3.05, 3.63) is 12.5 Å². The van der Waals surface area contributed by atoms with E-state index >= 15 is 0 Å². The van der Waals surface area contributed by atoms with E-state index in [1.165, 1.54) is 0 Å². The Hall–Kier alpha value is -0.243. The third-order valence-electron chi connectivity index (χ3n) is 0.136. The molecule has 0 aromatic heterocycles. The van der Waals surface area contributed by atoms with Gasteiger partial charge in [-0.1, -0.05) is 0 Å². The first-order chi connectivity index (χ1) is 1.50. The van der Waals surface area contributed by atoms with Crippen molar-refractivity contribution in [2.45, 2.75) is 0 Å². The second-order valence-electron chi connectivity index (χ2n) is 0.408. The quantitative estimate of drug-likeness (QED) is 0.337. The van der Waals surface area contributed by atoms with Gasteiger partial charge in [0, 0.05) is 0 Å². The minimum atomic E-state index is 0. The number of hydrogen-bond donors (Lipinski definition) is 0. The van der Waals surface area contributed by atoms with E-state index in [1.54, 1.807) is 12.5 Å². The Morgan fingerprint density at radius 2 is 1.50 bits per heavy atom. The van der Waals surface area contributed by atoms with Crippen LogP contribution in [0.5, 0.6) is 0 Å². The number of ether oxygens (including phenoxy) is 1. The lowest BCUT2D eigenvalue weighted by Crippen LogP contribution is -1.09. The van der Waals surface area contributed by atoms with Crippen LogP contribution in [0, 0.1) is 0 Å². The zero-order valence-corrected chi connectivity index (χ0v) is 1.56. The van der Waals surface area contributed by atoms with Crippen molar-refractivity contribution >= 4 is 11.0 Å². The highest BCUT2D eigenvalue weighted by Gasteiger charge is 1.74. The smallest absolute Gasteiger partial charge is 0.125 e. The SMILES string of the molecule is C1=CO1.[SiH4]. The monoisotopic (exact) mass is 74.0 g/mol. The summed E-state index contributed by atoms with van der Waals surface area (Å²) in [6.07, 6.45) is 3.25. The lowest BCUT2D eigenvalue weighted by molar-refractivity contribution is 0.541. The van der Waals surface area contributed by atoms with Crippen LogP contribution >= 0.6 is 0 Å². The summed E-state index contributed by atoms with van der Waals surface area (Å²) in [7, 11) is 0. The van der Waals surface area contributed by atoms with Crippen LogP contribution in [0.2, 0.25) is 0 Å². The van der Waals surface area contributed by atoms with Crippen molar-refractivity contribution in [1.29, 1.82) is 0 Å². The fraction of sp³-hybridized carbons (Fsp3) is 0. The molecule has 1 aliphatic heterocycles. The molecule has 24 valence electrons. The topological polar surface area (TPSA) is 12.5 Å². The third-order valence-corrected chi connectivity index (χ3v) is 0.136. The molecule has 0 N–H and O–H groups in total. The van der Waals surface area contributed by atoms with Crippen LogP contribution in [-0.4, -0.2) is 11.0 Å². The van der Waals surface area contributed by atoms with E-state index < -0.39 is 0 Å². The van der Waals surface area contributed by atoms with Gasteiger partial charge in [-0.2, -0.15) is 0 Å². The Morgan fingerprint density at radius 3 is 1.50 bits per heavy atom. The molecule has 0 amide bonds. The zero-order chi connectivity index (χ0) is 2.12. The van der Waals surface area contributed by atoms with Crippen molar-refractivity contribution in [2.24, 2.45) is 0 Å². The highest BCUT2D eigenvalue weighted by Crippen LogP contribution is 1.89. The van der Waals surface area contributed by atoms with Crippen LogP contribution in [0.15, 0.2) is 12.5 Å². The van der Waals surface area contributed by atoms with Crippen LogP contribution in [0.3, 0.4) is 0 Å². The Bertz CT molecular complexity index is 29.0. The van der Waals surface area contributed by atoms with E-state index in [2.05, 4.69) is 4.74 Å². The summed E-state index contributed by atoms with van der Waals surface area (Å²) in [5.41, 5.74) is 0. The van der Waals surface area contributed by atoms with E-state index in [-0.39, 0.29) is 11.0 Å². The average Bonchev–Trinajstić information content (AvgIpc) is 1.46. The highest BCUT2D eigenvalue weighted by atomic mass is 28.1. The molecule has 0 saturated heterocycles. The molecule has 0 aromatic carbocycles. The van der Waals surface area contributed by atoms with E-state index in [0.29, 0.717) is 0 Å². The van der Waals surface area contributed by atoms with Crippen molar-refractivity contribution in [1.82, 2.24) is 0 Å². The van der Waals surface area contributed by atoms with Gasteiger partial charge >= 0.3 is 0 Å². The van der Waals surface area contributed by atoms with Gasteiger partial charge in [0.15, 0.2) is 0 Å². The van der Waals surface area contributed by atoms with Crippen molar-refractivity contribution in [2.75, 3.05) is 0 Å².